The first-order chi connectivity index (χ1) is 9.40. The lowest BCUT2D eigenvalue weighted by Gasteiger charge is -2.14. The minimum absolute atomic E-state index is 0.0785. The van der Waals surface area contributed by atoms with Crippen molar-refractivity contribution in [2.75, 3.05) is 6.54 Å². The molecule has 0 spiro atoms. The van der Waals surface area contributed by atoms with E-state index < -0.39 is 10.0 Å². The molecule has 0 amide bonds. The molecule has 1 unspecified atom stereocenters. The number of sulfonamides is 1. The van der Waals surface area contributed by atoms with Crippen molar-refractivity contribution < 1.29 is 8.42 Å². The molecule has 0 saturated heterocycles. The lowest BCUT2D eigenvalue weighted by molar-refractivity contribution is 0.544. The summed E-state index contributed by atoms with van der Waals surface area (Å²) in [5.41, 5.74) is 0.897. The van der Waals surface area contributed by atoms with Gasteiger partial charge in [0.2, 0.25) is 10.0 Å². The molecule has 1 aromatic rings. The van der Waals surface area contributed by atoms with E-state index in [2.05, 4.69) is 10.0 Å². The Labute approximate surface area is 127 Å². The van der Waals surface area contributed by atoms with E-state index in [4.69, 9.17) is 11.6 Å². The van der Waals surface area contributed by atoms with Gasteiger partial charge in [0.15, 0.2) is 0 Å². The quantitative estimate of drug-likeness (QED) is 0.775. The Hall–Kier alpha value is -0.620. The number of hydrogen-bond acceptors (Lipinski definition) is 3. The first-order valence-corrected chi connectivity index (χ1v) is 8.78. The van der Waals surface area contributed by atoms with Crippen molar-refractivity contribution >= 4 is 21.6 Å². The highest BCUT2D eigenvalue weighted by Gasteiger charge is 2.18. The van der Waals surface area contributed by atoms with Gasteiger partial charge in [0.1, 0.15) is 0 Å². The molecule has 0 aliphatic rings. The van der Waals surface area contributed by atoms with Crippen LogP contribution in [-0.2, 0) is 16.6 Å². The largest absolute Gasteiger partial charge is 0.313 e. The molecule has 1 atom stereocenters. The van der Waals surface area contributed by atoms with Gasteiger partial charge in [-0.15, -0.1) is 0 Å². The standard InChI is InChI=1S/C14H23ClN2O2S/c1-4-6-11(3)17-20(18,19)13-8-7-12(10-16-5-2)14(15)9-13/h7-9,11,16-17H,4-6,10H2,1-3H3. The summed E-state index contributed by atoms with van der Waals surface area (Å²) >= 11 is 6.14. The highest BCUT2D eigenvalue weighted by molar-refractivity contribution is 7.89. The predicted molar refractivity (Wildman–Crippen MR) is 83.5 cm³/mol. The fraction of sp³-hybridized carbons (Fsp3) is 0.571. The van der Waals surface area contributed by atoms with Gasteiger partial charge in [-0.25, -0.2) is 13.1 Å². The molecule has 0 aromatic heterocycles. The van der Waals surface area contributed by atoms with Gasteiger partial charge in [-0.2, -0.15) is 0 Å². The molecule has 0 bridgehead atoms. The van der Waals surface area contributed by atoms with E-state index in [1.807, 2.05) is 20.8 Å². The number of hydrogen-bond donors (Lipinski definition) is 2. The van der Waals surface area contributed by atoms with Gasteiger partial charge in [0, 0.05) is 17.6 Å². The van der Waals surface area contributed by atoms with Gasteiger partial charge in [0.05, 0.1) is 4.90 Å². The van der Waals surface area contributed by atoms with Crippen molar-refractivity contribution in [1.82, 2.24) is 10.0 Å². The van der Waals surface area contributed by atoms with Crippen molar-refractivity contribution in [3.8, 4) is 0 Å². The van der Waals surface area contributed by atoms with Gasteiger partial charge in [-0.3, -0.25) is 0 Å². The summed E-state index contributed by atoms with van der Waals surface area (Å²) in [6, 6.07) is 4.78. The zero-order chi connectivity index (χ0) is 15.2. The molecular formula is C14H23ClN2O2S. The Morgan fingerprint density at radius 3 is 2.55 bits per heavy atom. The zero-order valence-corrected chi connectivity index (χ0v) is 13.8. The third-order valence-corrected chi connectivity index (χ3v) is 4.92. The fourth-order valence-electron chi connectivity index (χ4n) is 1.92. The Morgan fingerprint density at radius 1 is 1.30 bits per heavy atom. The normalized spacial score (nSPS) is 13.4. The molecule has 0 aliphatic heterocycles. The van der Waals surface area contributed by atoms with Crippen LogP contribution in [0, 0.1) is 0 Å². The smallest absolute Gasteiger partial charge is 0.240 e. The van der Waals surface area contributed by atoms with Crippen molar-refractivity contribution in [2.24, 2.45) is 0 Å². The number of nitrogens with one attached hydrogen (secondary N) is 2. The average Bonchev–Trinajstić information content (AvgIpc) is 2.36. The van der Waals surface area contributed by atoms with E-state index in [9.17, 15) is 8.42 Å². The van der Waals surface area contributed by atoms with E-state index in [1.54, 1.807) is 12.1 Å². The molecule has 4 nitrogen and oxygen atoms in total. The molecule has 0 radical (unpaired) electrons. The topological polar surface area (TPSA) is 58.2 Å². The van der Waals surface area contributed by atoms with Crippen LogP contribution in [0.15, 0.2) is 23.1 Å². The Kier molecular flexibility index (Phi) is 6.95. The molecule has 0 aliphatic carbocycles. The number of halogens is 1. The van der Waals surface area contributed by atoms with Crippen LogP contribution in [0.3, 0.4) is 0 Å². The maximum absolute atomic E-state index is 12.2. The molecule has 114 valence electrons. The van der Waals surface area contributed by atoms with Gasteiger partial charge >= 0.3 is 0 Å². The number of rotatable bonds is 8. The lowest BCUT2D eigenvalue weighted by atomic mass is 10.2. The summed E-state index contributed by atoms with van der Waals surface area (Å²) in [6.45, 7) is 7.37. The van der Waals surface area contributed by atoms with Crippen LogP contribution in [-0.4, -0.2) is 21.0 Å². The van der Waals surface area contributed by atoms with Crippen molar-refractivity contribution in [1.29, 1.82) is 0 Å². The van der Waals surface area contributed by atoms with Crippen LogP contribution < -0.4 is 10.0 Å². The van der Waals surface area contributed by atoms with Crippen LogP contribution in [0.5, 0.6) is 0 Å². The average molecular weight is 319 g/mol. The van der Waals surface area contributed by atoms with Crippen molar-refractivity contribution in [3.05, 3.63) is 28.8 Å². The second kappa shape index (κ2) is 7.98. The monoisotopic (exact) mass is 318 g/mol. The highest BCUT2D eigenvalue weighted by atomic mass is 35.5. The maximum Gasteiger partial charge on any atom is 0.240 e. The first-order valence-electron chi connectivity index (χ1n) is 6.92. The van der Waals surface area contributed by atoms with Gasteiger partial charge in [0.25, 0.3) is 0 Å². The van der Waals surface area contributed by atoms with Gasteiger partial charge in [-0.05, 0) is 37.6 Å². The Morgan fingerprint density at radius 2 is 2.00 bits per heavy atom. The van der Waals surface area contributed by atoms with Crippen LogP contribution in [0.25, 0.3) is 0 Å². The fourth-order valence-corrected chi connectivity index (χ4v) is 3.54. The second-order valence-corrected chi connectivity index (χ2v) is 6.97. The Balaban J connectivity index is 2.88. The molecular weight excluding hydrogens is 296 g/mol. The summed E-state index contributed by atoms with van der Waals surface area (Å²) in [7, 11) is -3.50. The summed E-state index contributed by atoms with van der Waals surface area (Å²) in [5.74, 6) is 0. The van der Waals surface area contributed by atoms with E-state index in [0.717, 1.165) is 24.9 Å². The predicted octanol–water partition coefficient (Wildman–Crippen LogP) is 2.92. The van der Waals surface area contributed by atoms with Gasteiger partial charge in [-0.1, -0.05) is 37.9 Å². The highest BCUT2D eigenvalue weighted by Crippen LogP contribution is 2.21. The first kappa shape index (κ1) is 17.4. The molecule has 0 saturated carbocycles. The van der Waals surface area contributed by atoms with Gasteiger partial charge < -0.3 is 5.32 Å². The third-order valence-electron chi connectivity index (χ3n) is 2.98. The molecule has 1 rings (SSSR count). The van der Waals surface area contributed by atoms with Crippen LogP contribution in [0.2, 0.25) is 5.02 Å². The van der Waals surface area contributed by atoms with E-state index in [1.165, 1.54) is 6.07 Å². The second-order valence-electron chi connectivity index (χ2n) is 4.84. The number of benzene rings is 1. The molecule has 2 N–H and O–H groups in total. The summed E-state index contributed by atoms with van der Waals surface area (Å²) in [5, 5.41) is 3.63. The minimum atomic E-state index is -3.50. The maximum atomic E-state index is 12.2. The van der Waals surface area contributed by atoms with Crippen LogP contribution >= 0.6 is 11.6 Å². The molecule has 1 aromatic carbocycles. The van der Waals surface area contributed by atoms with Crippen LogP contribution in [0.1, 0.15) is 39.2 Å². The van der Waals surface area contributed by atoms with E-state index in [-0.39, 0.29) is 10.9 Å². The summed E-state index contributed by atoms with van der Waals surface area (Å²) in [6.07, 6.45) is 1.75. The van der Waals surface area contributed by atoms with Crippen molar-refractivity contribution in [3.63, 3.8) is 0 Å². The Bertz CT molecular complexity index is 532. The van der Waals surface area contributed by atoms with Crippen LogP contribution in [0.4, 0.5) is 0 Å². The van der Waals surface area contributed by atoms with Crippen molar-refractivity contribution in [2.45, 2.75) is 51.1 Å². The SMILES string of the molecule is CCCC(C)NS(=O)(=O)c1ccc(CNCC)c(Cl)c1. The zero-order valence-electron chi connectivity index (χ0n) is 12.2. The summed E-state index contributed by atoms with van der Waals surface area (Å²) in [4.78, 5) is 0.214. The third kappa shape index (κ3) is 5.05. The molecule has 0 fully saturated rings. The summed E-state index contributed by atoms with van der Waals surface area (Å²) < 4.78 is 27.1. The molecule has 0 heterocycles. The van der Waals surface area contributed by atoms with E-state index in [0.29, 0.717) is 11.6 Å². The minimum Gasteiger partial charge on any atom is -0.313 e. The molecule has 6 heteroatoms. The van der Waals surface area contributed by atoms with E-state index >= 15 is 0 Å². The lowest BCUT2D eigenvalue weighted by Crippen LogP contribution is -2.32. The molecule has 20 heavy (non-hydrogen) atoms.